The van der Waals surface area contributed by atoms with Gasteiger partial charge in [0.15, 0.2) is 0 Å². The molecule has 0 unspecified atom stereocenters. The number of ether oxygens (including phenoxy) is 3. The Morgan fingerprint density at radius 3 is 2.48 bits per heavy atom. The van der Waals surface area contributed by atoms with Crippen LogP contribution in [0.5, 0.6) is 11.5 Å². The van der Waals surface area contributed by atoms with Crippen LogP contribution in [0.3, 0.4) is 0 Å². The van der Waals surface area contributed by atoms with Crippen molar-refractivity contribution < 1.29 is 23.8 Å². The molecule has 1 N–H and O–H groups in total. The molecule has 1 amide bonds. The lowest BCUT2D eigenvalue weighted by atomic mass is 10.2. The molecule has 3 aromatic rings. The normalized spacial score (nSPS) is 11.0. The molecule has 2 aromatic heterocycles. The second-order valence-electron chi connectivity index (χ2n) is 6.88. The summed E-state index contributed by atoms with van der Waals surface area (Å²) in [6.45, 7) is 3.52. The van der Waals surface area contributed by atoms with E-state index >= 15 is 0 Å². The van der Waals surface area contributed by atoms with E-state index in [-0.39, 0.29) is 18.6 Å². The van der Waals surface area contributed by atoms with Gasteiger partial charge in [-0.1, -0.05) is 0 Å². The van der Waals surface area contributed by atoms with E-state index in [9.17, 15) is 9.59 Å². The van der Waals surface area contributed by atoms with Gasteiger partial charge in [-0.15, -0.1) is 0 Å². The predicted octanol–water partition coefficient (Wildman–Crippen LogP) is 3.20. The molecule has 0 bridgehead atoms. The number of hydrogen-bond donors (Lipinski definition) is 1. The SMILES string of the molecule is COc1ccc(NC(=O)Cn2c(C(=O)OC(C)C)cc3c2ccn3C)c(OC)c1. The summed E-state index contributed by atoms with van der Waals surface area (Å²) >= 11 is 0. The Balaban J connectivity index is 1.89. The lowest BCUT2D eigenvalue weighted by molar-refractivity contribution is -0.116. The molecule has 0 aliphatic rings. The predicted molar refractivity (Wildman–Crippen MR) is 110 cm³/mol. The highest BCUT2D eigenvalue weighted by Crippen LogP contribution is 2.29. The van der Waals surface area contributed by atoms with Gasteiger partial charge in [0.1, 0.15) is 23.7 Å². The summed E-state index contributed by atoms with van der Waals surface area (Å²) in [5.74, 6) is 0.337. The summed E-state index contributed by atoms with van der Waals surface area (Å²) in [5, 5.41) is 2.83. The summed E-state index contributed by atoms with van der Waals surface area (Å²) in [4.78, 5) is 25.3. The number of benzene rings is 1. The Morgan fingerprint density at radius 1 is 1.07 bits per heavy atom. The van der Waals surface area contributed by atoms with Gasteiger partial charge in [-0.2, -0.15) is 0 Å². The molecule has 0 aliphatic heterocycles. The molecule has 154 valence electrons. The molecule has 0 radical (unpaired) electrons. The van der Waals surface area contributed by atoms with E-state index in [0.29, 0.717) is 22.9 Å². The number of anilines is 1. The number of carbonyl (C=O) groups is 2. The van der Waals surface area contributed by atoms with E-state index in [1.807, 2.05) is 23.9 Å². The fourth-order valence-corrected chi connectivity index (χ4v) is 3.12. The van der Waals surface area contributed by atoms with Crippen LogP contribution in [0.15, 0.2) is 36.5 Å². The molecule has 1 aromatic carbocycles. The van der Waals surface area contributed by atoms with Crippen molar-refractivity contribution >= 4 is 28.6 Å². The molecule has 0 spiro atoms. The maximum absolute atomic E-state index is 12.8. The fraction of sp³-hybridized carbons (Fsp3) is 0.333. The zero-order valence-electron chi connectivity index (χ0n) is 17.2. The molecule has 8 nitrogen and oxygen atoms in total. The Kier molecular flexibility index (Phi) is 5.81. The van der Waals surface area contributed by atoms with Crippen LogP contribution in [-0.4, -0.2) is 41.3 Å². The van der Waals surface area contributed by atoms with E-state index in [1.54, 1.807) is 49.8 Å². The molecular weight excluding hydrogens is 374 g/mol. The number of aromatic nitrogens is 2. The Bertz CT molecular complexity index is 1050. The zero-order valence-corrected chi connectivity index (χ0v) is 17.2. The van der Waals surface area contributed by atoms with Crippen molar-refractivity contribution in [3.8, 4) is 11.5 Å². The first-order valence-corrected chi connectivity index (χ1v) is 9.21. The maximum atomic E-state index is 12.8. The van der Waals surface area contributed by atoms with Crippen molar-refractivity contribution in [1.29, 1.82) is 0 Å². The second kappa shape index (κ2) is 8.30. The molecule has 0 saturated carbocycles. The zero-order chi connectivity index (χ0) is 21.1. The molecule has 8 heteroatoms. The van der Waals surface area contributed by atoms with Crippen molar-refractivity contribution in [2.45, 2.75) is 26.5 Å². The molecule has 0 atom stereocenters. The third-order valence-electron chi connectivity index (χ3n) is 4.49. The average molecular weight is 399 g/mol. The maximum Gasteiger partial charge on any atom is 0.355 e. The van der Waals surface area contributed by atoms with E-state index in [1.165, 1.54) is 7.11 Å². The Hall–Kier alpha value is -3.42. The number of rotatable bonds is 7. The summed E-state index contributed by atoms with van der Waals surface area (Å²) in [6.07, 6.45) is 1.62. The molecule has 3 rings (SSSR count). The summed E-state index contributed by atoms with van der Waals surface area (Å²) < 4.78 is 19.4. The molecule has 0 saturated heterocycles. The van der Waals surface area contributed by atoms with Crippen molar-refractivity contribution in [2.75, 3.05) is 19.5 Å². The van der Waals surface area contributed by atoms with Crippen molar-refractivity contribution in [3.05, 3.63) is 42.2 Å². The van der Waals surface area contributed by atoms with Crippen LogP contribution < -0.4 is 14.8 Å². The number of aryl methyl sites for hydroxylation is 1. The first-order valence-electron chi connectivity index (χ1n) is 9.21. The smallest absolute Gasteiger partial charge is 0.355 e. The van der Waals surface area contributed by atoms with Gasteiger partial charge in [-0.05, 0) is 38.1 Å². The third kappa shape index (κ3) is 4.21. The minimum Gasteiger partial charge on any atom is -0.497 e. The number of fused-ring (bicyclic) bond motifs is 1. The van der Waals surface area contributed by atoms with Gasteiger partial charge in [0.2, 0.25) is 5.91 Å². The number of methoxy groups -OCH3 is 2. The summed E-state index contributed by atoms with van der Waals surface area (Å²) in [6, 6.07) is 8.72. The highest BCUT2D eigenvalue weighted by molar-refractivity contribution is 5.98. The van der Waals surface area contributed by atoms with Crippen LogP contribution >= 0.6 is 0 Å². The van der Waals surface area contributed by atoms with Crippen LogP contribution in [0.25, 0.3) is 11.0 Å². The standard InChI is InChI=1S/C21H25N3O5/c1-13(2)29-21(26)18-11-17-16(8-9-23(17)3)24(18)12-20(25)22-15-7-6-14(27-4)10-19(15)28-5/h6-11,13H,12H2,1-5H3,(H,22,25). The van der Waals surface area contributed by atoms with Crippen molar-refractivity contribution in [3.63, 3.8) is 0 Å². The van der Waals surface area contributed by atoms with Gasteiger partial charge in [0.25, 0.3) is 0 Å². The number of carbonyl (C=O) groups excluding carboxylic acids is 2. The lowest BCUT2D eigenvalue weighted by Gasteiger charge is -2.14. The van der Waals surface area contributed by atoms with Gasteiger partial charge in [0.05, 0.1) is 37.0 Å². The van der Waals surface area contributed by atoms with Gasteiger partial charge >= 0.3 is 5.97 Å². The Labute approximate surface area is 169 Å². The third-order valence-corrected chi connectivity index (χ3v) is 4.49. The van der Waals surface area contributed by atoms with Crippen molar-refractivity contribution in [2.24, 2.45) is 7.05 Å². The number of hydrogen-bond acceptors (Lipinski definition) is 5. The fourth-order valence-electron chi connectivity index (χ4n) is 3.12. The van der Waals surface area contributed by atoms with Gasteiger partial charge in [-0.25, -0.2) is 4.79 Å². The van der Waals surface area contributed by atoms with E-state index in [2.05, 4.69) is 5.32 Å². The minimum atomic E-state index is -0.467. The van der Waals surface area contributed by atoms with Crippen LogP contribution in [0.4, 0.5) is 5.69 Å². The largest absolute Gasteiger partial charge is 0.497 e. The topological polar surface area (TPSA) is 83.7 Å². The molecule has 0 fully saturated rings. The van der Waals surface area contributed by atoms with Crippen LogP contribution in [0, 0.1) is 0 Å². The number of nitrogens with zero attached hydrogens (tertiary/aromatic N) is 2. The Morgan fingerprint density at radius 2 is 1.83 bits per heavy atom. The number of amides is 1. The van der Waals surface area contributed by atoms with E-state index < -0.39 is 5.97 Å². The lowest BCUT2D eigenvalue weighted by Crippen LogP contribution is -2.23. The highest BCUT2D eigenvalue weighted by Gasteiger charge is 2.21. The van der Waals surface area contributed by atoms with Crippen LogP contribution in [-0.2, 0) is 23.1 Å². The highest BCUT2D eigenvalue weighted by atomic mass is 16.5. The summed E-state index contributed by atoms with van der Waals surface area (Å²) in [7, 11) is 4.96. The molecule has 29 heavy (non-hydrogen) atoms. The van der Waals surface area contributed by atoms with Crippen LogP contribution in [0.1, 0.15) is 24.3 Å². The monoisotopic (exact) mass is 399 g/mol. The van der Waals surface area contributed by atoms with Gasteiger partial charge < -0.3 is 28.7 Å². The first kappa shape index (κ1) is 20.3. The van der Waals surface area contributed by atoms with Gasteiger partial charge in [0, 0.05) is 19.3 Å². The number of nitrogens with one attached hydrogen (secondary N) is 1. The minimum absolute atomic E-state index is 0.0504. The van der Waals surface area contributed by atoms with E-state index in [0.717, 1.165) is 11.0 Å². The molecular formula is C21H25N3O5. The molecule has 2 heterocycles. The quantitative estimate of drug-likeness (QED) is 0.617. The first-order chi connectivity index (χ1) is 13.8. The van der Waals surface area contributed by atoms with E-state index in [4.69, 9.17) is 14.2 Å². The van der Waals surface area contributed by atoms with Gasteiger partial charge in [-0.3, -0.25) is 4.79 Å². The molecule has 0 aliphatic carbocycles. The average Bonchev–Trinajstić information content (AvgIpc) is 3.22. The summed E-state index contributed by atoms with van der Waals surface area (Å²) in [5.41, 5.74) is 2.47. The number of esters is 1. The van der Waals surface area contributed by atoms with Crippen molar-refractivity contribution in [1.82, 2.24) is 9.13 Å². The van der Waals surface area contributed by atoms with Crippen LogP contribution in [0.2, 0.25) is 0 Å². The second-order valence-corrected chi connectivity index (χ2v) is 6.88.